The second kappa shape index (κ2) is 5.70. The van der Waals surface area contributed by atoms with E-state index in [1.54, 1.807) is 0 Å². The van der Waals surface area contributed by atoms with Crippen LogP contribution in [0.3, 0.4) is 0 Å². The van der Waals surface area contributed by atoms with E-state index in [0.717, 1.165) is 48.3 Å². The van der Waals surface area contributed by atoms with Crippen molar-refractivity contribution in [2.75, 3.05) is 23.8 Å². The molecule has 0 spiro atoms. The zero-order valence-corrected chi connectivity index (χ0v) is 13.0. The van der Waals surface area contributed by atoms with Crippen molar-refractivity contribution in [1.29, 1.82) is 0 Å². The van der Waals surface area contributed by atoms with Crippen molar-refractivity contribution >= 4 is 17.3 Å². The normalized spacial score (nSPS) is 19.8. The molecule has 2 aliphatic rings. The molecule has 0 fully saturated rings. The lowest BCUT2D eigenvalue weighted by Gasteiger charge is -2.34. The number of ether oxygens (including phenoxy) is 1. The summed E-state index contributed by atoms with van der Waals surface area (Å²) in [7, 11) is 0. The molecule has 118 valence electrons. The third-order valence-corrected chi connectivity index (χ3v) is 4.77. The molecule has 2 aromatic carbocycles. The Morgan fingerprint density at radius 1 is 1.13 bits per heavy atom. The lowest BCUT2D eigenvalue weighted by Crippen LogP contribution is -2.41. The van der Waals surface area contributed by atoms with Gasteiger partial charge in [-0.15, -0.1) is 0 Å². The molecule has 23 heavy (non-hydrogen) atoms. The summed E-state index contributed by atoms with van der Waals surface area (Å²) in [6.07, 6.45) is 2.21. The first kappa shape index (κ1) is 14.3. The van der Waals surface area contributed by atoms with Gasteiger partial charge in [-0.2, -0.15) is 0 Å². The van der Waals surface area contributed by atoms with Crippen molar-refractivity contribution in [1.82, 2.24) is 0 Å². The lowest BCUT2D eigenvalue weighted by molar-refractivity contribution is -0.131. The van der Waals surface area contributed by atoms with E-state index in [2.05, 4.69) is 6.07 Å². The number of hydrogen-bond acceptors (Lipinski definition) is 3. The molecule has 0 aliphatic carbocycles. The van der Waals surface area contributed by atoms with Gasteiger partial charge in [0.1, 0.15) is 0 Å². The quantitative estimate of drug-likeness (QED) is 0.824. The minimum absolute atomic E-state index is 0.0173. The van der Waals surface area contributed by atoms with Crippen molar-refractivity contribution in [3.05, 3.63) is 59.2 Å². The summed E-state index contributed by atoms with van der Waals surface area (Å²) in [6.45, 7) is 1.31. The minimum atomic E-state index is -0.507. The van der Waals surface area contributed by atoms with E-state index < -0.39 is 6.10 Å². The average Bonchev–Trinajstić information content (AvgIpc) is 2.60. The summed E-state index contributed by atoms with van der Waals surface area (Å²) in [5.41, 5.74) is 11.1. The van der Waals surface area contributed by atoms with Crippen LogP contribution >= 0.6 is 0 Å². The van der Waals surface area contributed by atoms with Crippen LogP contribution in [0.25, 0.3) is 0 Å². The van der Waals surface area contributed by atoms with E-state index >= 15 is 0 Å². The minimum Gasteiger partial charge on any atom is -0.398 e. The molecule has 1 unspecified atom stereocenters. The number of nitrogens with two attached hydrogens (primary N) is 1. The Morgan fingerprint density at radius 3 is 2.91 bits per heavy atom. The van der Waals surface area contributed by atoms with Gasteiger partial charge in [-0.05, 0) is 48.1 Å². The third kappa shape index (κ3) is 2.39. The highest BCUT2D eigenvalue weighted by molar-refractivity contribution is 5.99. The molecule has 2 aliphatic heterocycles. The molecule has 0 aromatic heterocycles. The maximum absolute atomic E-state index is 13.2. The average molecular weight is 308 g/mol. The summed E-state index contributed by atoms with van der Waals surface area (Å²) >= 11 is 0. The molecule has 1 amide bonds. The van der Waals surface area contributed by atoms with Crippen LogP contribution in [0.4, 0.5) is 11.4 Å². The predicted octanol–water partition coefficient (Wildman–Crippen LogP) is 2.86. The Kier molecular flexibility index (Phi) is 3.54. The molecule has 1 atom stereocenters. The standard InChI is InChI=1S/C19H20N2O2/c20-16-8-3-9-17-15(16)7-4-11-21(17)19(22)18-14-6-2-1-5-13(14)10-12-23-18/h1-3,5-6,8-9,18H,4,7,10-12,20H2. The number of nitrogens with zero attached hydrogens (tertiary/aromatic N) is 1. The SMILES string of the molecule is Nc1cccc2c1CCCN2C(=O)C1OCCc2ccccc21. The first-order valence-corrected chi connectivity index (χ1v) is 8.14. The number of benzene rings is 2. The highest BCUT2D eigenvalue weighted by Crippen LogP contribution is 2.35. The van der Waals surface area contributed by atoms with E-state index in [1.165, 1.54) is 5.56 Å². The predicted molar refractivity (Wildman–Crippen MR) is 90.4 cm³/mol. The maximum atomic E-state index is 13.2. The second-order valence-corrected chi connectivity index (χ2v) is 6.14. The van der Waals surface area contributed by atoms with Gasteiger partial charge in [-0.3, -0.25) is 4.79 Å². The van der Waals surface area contributed by atoms with Gasteiger partial charge in [-0.25, -0.2) is 0 Å². The number of anilines is 2. The van der Waals surface area contributed by atoms with Gasteiger partial charge < -0.3 is 15.4 Å². The Labute approximate surface area is 135 Å². The lowest BCUT2D eigenvalue weighted by atomic mass is 9.95. The van der Waals surface area contributed by atoms with Crippen LogP contribution in [0.2, 0.25) is 0 Å². The van der Waals surface area contributed by atoms with E-state index in [4.69, 9.17) is 10.5 Å². The summed E-state index contributed by atoms with van der Waals surface area (Å²) in [4.78, 5) is 15.0. The van der Waals surface area contributed by atoms with Crippen LogP contribution in [0.1, 0.15) is 29.2 Å². The molecule has 2 heterocycles. The van der Waals surface area contributed by atoms with Crippen molar-refractivity contribution in [2.24, 2.45) is 0 Å². The van der Waals surface area contributed by atoms with Crippen LogP contribution < -0.4 is 10.6 Å². The fourth-order valence-electron chi connectivity index (χ4n) is 3.62. The molecule has 0 bridgehead atoms. The van der Waals surface area contributed by atoms with Gasteiger partial charge in [-0.1, -0.05) is 30.3 Å². The van der Waals surface area contributed by atoms with Gasteiger partial charge in [0.25, 0.3) is 5.91 Å². The molecule has 0 saturated heterocycles. The first-order valence-electron chi connectivity index (χ1n) is 8.14. The number of carbonyl (C=O) groups excluding carboxylic acids is 1. The second-order valence-electron chi connectivity index (χ2n) is 6.14. The molecule has 4 heteroatoms. The van der Waals surface area contributed by atoms with Gasteiger partial charge in [0.15, 0.2) is 6.10 Å². The highest BCUT2D eigenvalue weighted by Gasteiger charge is 2.33. The zero-order valence-electron chi connectivity index (χ0n) is 13.0. The van der Waals surface area contributed by atoms with Crippen molar-refractivity contribution < 1.29 is 9.53 Å². The van der Waals surface area contributed by atoms with Gasteiger partial charge in [0.05, 0.1) is 6.61 Å². The molecule has 2 N–H and O–H groups in total. The zero-order chi connectivity index (χ0) is 15.8. The molecule has 4 nitrogen and oxygen atoms in total. The van der Waals surface area contributed by atoms with Crippen LogP contribution in [0.5, 0.6) is 0 Å². The van der Waals surface area contributed by atoms with Crippen LogP contribution in [-0.4, -0.2) is 19.1 Å². The number of fused-ring (bicyclic) bond motifs is 2. The molecular formula is C19H20N2O2. The summed E-state index contributed by atoms with van der Waals surface area (Å²) in [5.74, 6) is 0.0173. The van der Waals surface area contributed by atoms with Gasteiger partial charge >= 0.3 is 0 Å². The van der Waals surface area contributed by atoms with E-state index in [0.29, 0.717) is 6.61 Å². The van der Waals surface area contributed by atoms with Crippen molar-refractivity contribution in [3.8, 4) is 0 Å². The molecule has 0 radical (unpaired) electrons. The molecule has 4 rings (SSSR count). The smallest absolute Gasteiger partial charge is 0.260 e. The number of hydrogen-bond donors (Lipinski definition) is 1. The summed E-state index contributed by atoms with van der Waals surface area (Å²) < 4.78 is 5.84. The van der Waals surface area contributed by atoms with Gasteiger partial charge in [0, 0.05) is 17.9 Å². The number of rotatable bonds is 1. The number of amides is 1. The largest absolute Gasteiger partial charge is 0.398 e. The Bertz CT molecular complexity index is 757. The van der Waals surface area contributed by atoms with E-state index in [1.807, 2.05) is 41.3 Å². The number of carbonyl (C=O) groups is 1. The molecular weight excluding hydrogens is 288 g/mol. The first-order chi connectivity index (χ1) is 11.3. The Balaban J connectivity index is 1.71. The van der Waals surface area contributed by atoms with Crippen LogP contribution in [0, 0.1) is 0 Å². The van der Waals surface area contributed by atoms with Crippen LogP contribution in [0.15, 0.2) is 42.5 Å². The van der Waals surface area contributed by atoms with Crippen molar-refractivity contribution in [2.45, 2.75) is 25.4 Å². The maximum Gasteiger partial charge on any atom is 0.260 e. The topological polar surface area (TPSA) is 55.6 Å². The monoisotopic (exact) mass is 308 g/mol. The fourth-order valence-corrected chi connectivity index (χ4v) is 3.62. The molecule has 0 saturated carbocycles. The van der Waals surface area contributed by atoms with Crippen molar-refractivity contribution in [3.63, 3.8) is 0 Å². The third-order valence-electron chi connectivity index (χ3n) is 4.77. The summed E-state index contributed by atoms with van der Waals surface area (Å²) in [6, 6.07) is 13.9. The Morgan fingerprint density at radius 2 is 2.00 bits per heavy atom. The fraction of sp³-hybridized carbons (Fsp3) is 0.316. The van der Waals surface area contributed by atoms with E-state index in [-0.39, 0.29) is 5.91 Å². The Hall–Kier alpha value is -2.33. The van der Waals surface area contributed by atoms with Crippen LogP contribution in [-0.2, 0) is 22.4 Å². The van der Waals surface area contributed by atoms with E-state index in [9.17, 15) is 4.79 Å². The van der Waals surface area contributed by atoms with Gasteiger partial charge in [0.2, 0.25) is 0 Å². The highest BCUT2D eigenvalue weighted by atomic mass is 16.5. The molecule has 2 aromatic rings. The summed E-state index contributed by atoms with van der Waals surface area (Å²) in [5, 5.41) is 0. The number of nitrogen functional groups attached to an aromatic ring is 1.